The Bertz CT molecular complexity index is 1910. The van der Waals surface area contributed by atoms with Crippen LogP contribution in [0, 0.1) is 0 Å². The molecule has 38 heavy (non-hydrogen) atoms. The van der Waals surface area contributed by atoms with Crippen molar-refractivity contribution in [2.45, 2.75) is 18.9 Å². The molecular formula is C31H20BrClN2O2S. The summed E-state index contributed by atoms with van der Waals surface area (Å²) in [6.45, 7) is 0. The molecular weight excluding hydrogens is 580 g/mol. The van der Waals surface area contributed by atoms with Crippen molar-refractivity contribution in [2.24, 2.45) is 4.99 Å². The number of aryl methyl sites for hydroxylation is 1. The molecule has 2 aliphatic rings. The summed E-state index contributed by atoms with van der Waals surface area (Å²) in [5.74, 6) is 1.34. The summed E-state index contributed by atoms with van der Waals surface area (Å²) in [5.41, 5.74) is 6.59. The molecule has 7 heteroatoms. The van der Waals surface area contributed by atoms with Gasteiger partial charge in [0.15, 0.2) is 4.80 Å². The molecule has 186 valence electrons. The number of halogens is 2. The van der Waals surface area contributed by atoms with Crippen LogP contribution in [0.25, 0.3) is 23.1 Å². The fourth-order valence-corrected chi connectivity index (χ4v) is 6.67. The number of benzene rings is 3. The average Bonchev–Trinajstić information content (AvgIpc) is 3.53. The molecule has 0 saturated carbocycles. The van der Waals surface area contributed by atoms with Gasteiger partial charge in [0.2, 0.25) is 0 Å². The Morgan fingerprint density at radius 2 is 1.76 bits per heavy atom. The highest BCUT2D eigenvalue weighted by Gasteiger charge is 2.32. The molecule has 0 bridgehead atoms. The summed E-state index contributed by atoms with van der Waals surface area (Å²) < 4.78 is 9.54. The minimum absolute atomic E-state index is 0.0588. The van der Waals surface area contributed by atoms with Crippen molar-refractivity contribution in [3.63, 3.8) is 0 Å². The standard InChI is InChI=1S/C31H20BrClN2O2S/c32-21-10-5-20(6-11-21)29-25-15-9-18-3-1-2-4-24(18)28(25)34-31-35(29)30(36)27(38-31)17-23-14-16-26(37-23)19-7-12-22(33)13-8-19/h1-8,10-14,16-17,29H,9,15H2/b27-17+/t29-/m1/s1. The third-order valence-electron chi connectivity index (χ3n) is 7.09. The van der Waals surface area contributed by atoms with Crippen LogP contribution in [0.5, 0.6) is 0 Å². The van der Waals surface area contributed by atoms with E-state index in [1.165, 1.54) is 22.5 Å². The van der Waals surface area contributed by atoms with Gasteiger partial charge in [0.1, 0.15) is 11.5 Å². The molecule has 1 atom stereocenters. The van der Waals surface area contributed by atoms with Gasteiger partial charge in [-0.15, -0.1) is 0 Å². The van der Waals surface area contributed by atoms with E-state index >= 15 is 0 Å². The van der Waals surface area contributed by atoms with Crippen LogP contribution >= 0.6 is 38.9 Å². The quantitative estimate of drug-likeness (QED) is 0.224. The fraction of sp³-hybridized carbons (Fsp3) is 0.0968. The van der Waals surface area contributed by atoms with Crippen LogP contribution in [-0.4, -0.2) is 4.57 Å². The van der Waals surface area contributed by atoms with E-state index in [4.69, 9.17) is 21.0 Å². The van der Waals surface area contributed by atoms with Crippen molar-refractivity contribution in [3.8, 4) is 11.3 Å². The Hall–Kier alpha value is -3.45. The number of aromatic nitrogens is 1. The topological polar surface area (TPSA) is 47.5 Å². The fourth-order valence-electron chi connectivity index (χ4n) is 5.30. The zero-order chi connectivity index (χ0) is 25.8. The van der Waals surface area contributed by atoms with Gasteiger partial charge in [-0.05, 0) is 78.1 Å². The highest BCUT2D eigenvalue weighted by molar-refractivity contribution is 9.10. The molecule has 0 N–H and O–H groups in total. The van der Waals surface area contributed by atoms with Crippen molar-refractivity contribution in [1.29, 1.82) is 0 Å². The number of nitrogens with zero attached hydrogens (tertiary/aromatic N) is 2. The molecule has 4 nitrogen and oxygen atoms in total. The number of furan rings is 1. The van der Waals surface area contributed by atoms with E-state index in [2.05, 4.69) is 52.3 Å². The highest BCUT2D eigenvalue weighted by atomic mass is 79.9. The Morgan fingerprint density at radius 3 is 2.58 bits per heavy atom. The first-order chi connectivity index (χ1) is 18.5. The maximum Gasteiger partial charge on any atom is 0.271 e. The zero-order valence-corrected chi connectivity index (χ0v) is 23.2. The Kier molecular flexibility index (Phi) is 5.84. The van der Waals surface area contributed by atoms with E-state index in [0.29, 0.717) is 20.1 Å². The number of allylic oxidation sites excluding steroid dienone is 1. The van der Waals surface area contributed by atoms with E-state index in [-0.39, 0.29) is 11.6 Å². The van der Waals surface area contributed by atoms with Crippen LogP contribution in [0.4, 0.5) is 0 Å². The van der Waals surface area contributed by atoms with Crippen molar-refractivity contribution < 1.29 is 4.42 Å². The first-order valence-corrected chi connectivity index (χ1v) is 14.3. The van der Waals surface area contributed by atoms with Gasteiger partial charge in [-0.25, -0.2) is 4.99 Å². The molecule has 5 aromatic rings. The lowest BCUT2D eigenvalue weighted by Crippen LogP contribution is -2.38. The Balaban J connectivity index is 1.39. The van der Waals surface area contributed by atoms with Crippen LogP contribution in [0.3, 0.4) is 0 Å². The lowest BCUT2D eigenvalue weighted by Gasteiger charge is -2.30. The lowest BCUT2D eigenvalue weighted by atomic mass is 9.83. The Labute approximate surface area is 236 Å². The Morgan fingerprint density at radius 1 is 0.974 bits per heavy atom. The number of fused-ring (bicyclic) bond motifs is 3. The molecule has 2 aromatic heterocycles. The molecule has 0 amide bonds. The molecule has 0 unspecified atom stereocenters. The molecule has 0 fully saturated rings. The van der Waals surface area contributed by atoms with Crippen molar-refractivity contribution in [3.05, 3.63) is 142 Å². The minimum atomic E-state index is -0.203. The first kappa shape index (κ1) is 23.7. The summed E-state index contributed by atoms with van der Waals surface area (Å²) in [6.07, 6.45) is 3.61. The van der Waals surface area contributed by atoms with Gasteiger partial charge in [0.25, 0.3) is 5.56 Å². The summed E-state index contributed by atoms with van der Waals surface area (Å²) in [5, 5.41) is 0.673. The minimum Gasteiger partial charge on any atom is -0.457 e. The van der Waals surface area contributed by atoms with Gasteiger partial charge in [0, 0.05) is 26.7 Å². The van der Waals surface area contributed by atoms with E-state index in [0.717, 1.165) is 45.5 Å². The van der Waals surface area contributed by atoms with E-state index in [1.54, 1.807) is 0 Å². The number of hydrogen-bond donors (Lipinski definition) is 0. The average molecular weight is 600 g/mol. The monoisotopic (exact) mass is 598 g/mol. The molecule has 3 aromatic carbocycles. The second-order valence-corrected chi connectivity index (χ2v) is 11.7. The molecule has 1 aliphatic carbocycles. The number of rotatable bonds is 3. The van der Waals surface area contributed by atoms with Gasteiger partial charge >= 0.3 is 0 Å². The van der Waals surface area contributed by atoms with Crippen LogP contribution < -0.4 is 14.9 Å². The van der Waals surface area contributed by atoms with Gasteiger partial charge in [0.05, 0.1) is 16.3 Å². The molecule has 0 radical (unpaired) electrons. The van der Waals surface area contributed by atoms with Gasteiger partial charge in [-0.3, -0.25) is 9.36 Å². The normalized spacial score (nSPS) is 16.6. The van der Waals surface area contributed by atoms with Crippen molar-refractivity contribution in [1.82, 2.24) is 4.57 Å². The second kappa shape index (κ2) is 9.38. The summed E-state index contributed by atoms with van der Waals surface area (Å²) in [7, 11) is 0. The van der Waals surface area contributed by atoms with E-state index < -0.39 is 0 Å². The zero-order valence-electron chi connectivity index (χ0n) is 20.0. The van der Waals surface area contributed by atoms with Crippen LogP contribution in [0.2, 0.25) is 5.02 Å². The van der Waals surface area contributed by atoms with Crippen molar-refractivity contribution in [2.75, 3.05) is 0 Å². The maximum absolute atomic E-state index is 13.9. The first-order valence-electron chi connectivity index (χ1n) is 12.3. The molecule has 0 saturated heterocycles. The highest BCUT2D eigenvalue weighted by Crippen LogP contribution is 2.41. The SMILES string of the molecule is O=c1/c(=C\c2ccc(-c3ccc(Cl)cc3)o2)sc2n1[C@H](c1ccc(Br)cc1)C1=C(N=2)c2ccccc2CC1. The summed E-state index contributed by atoms with van der Waals surface area (Å²) in [4.78, 5) is 19.7. The van der Waals surface area contributed by atoms with Crippen molar-refractivity contribution >= 4 is 50.6 Å². The van der Waals surface area contributed by atoms with Gasteiger partial charge in [-0.1, -0.05) is 75.3 Å². The van der Waals surface area contributed by atoms with E-state index in [1.807, 2.05) is 59.2 Å². The summed E-state index contributed by atoms with van der Waals surface area (Å²) in [6, 6.07) is 27.8. The van der Waals surface area contributed by atoms with E-state index in [9.17, 15) is 4.79 Å². The largest absolute Gasteiger partial charge is 0.457 e. The maximum atomic E-state index is 13.9. The van der Waals surface area contributed by atoms with Gasteiger partial charge < -0.3 is 4.42 Å². The smallest absolute Gasteiger partial charge is 0.271 e. The number of thiazole rings is 1. The third kappa shape index (κ3) is 4.04. The van der Waals surface area contributed by atoms with Gasteiger partial charge in [-0.2, -0.15) is 0 Å². The second-order valence-electron chi connectivity index (χ2n) is 9.37. The predicted molar refractivity (Wildman–Crippen MR) is 156 cm³/mol. The predicted octanol–water partition coefficient (Wildman–Crippen LogP) is 6.99. The molecule has 7 rings (SSSR count). The van der Waals surface area contributed by atoms with Crippen LogP contribution in [0.1, 0.15) is 34.9 Å². The molecule has 0 spiro atoms. The summed E-state index contributed by atoms with van der Waals surface area (Å²) >= 11 is 11.0. The number of hydrogen-bond acceptors (Lipinski definition) is 4. The van der Waals surface area contributed by atoms with Crippen LogP contribution in [-0.2, 0) is 6.42 Å². The molecule has 3 heterocycles. The molecule has 1 aliphatic heterocycles. The lowest BCUT2D eigenvalue weighted by molar-refractivity contribution is 0.570. The third-order valence-corrected chi connectivity index (χ3v) is 8.85. The van der Waals surface area contributed by atoms with Crippen LogP contribution in [0.15, 0.2) is 109 Å².